The lowest BCUT2D eigenvalue weighted by Crippen LogP contribution is -2.52. The summed E-state index contributed by atoms with van der Waals surface area (Å²) in [5.41, 5.74) is 0.298. The van der Waals surface area contributed by atoms with Gasteiger partial charge in [-0.25, -0.2) is 4.79 Å². The van der Waals surface area contributed by atoms with Crippen molar-refractivity contribution in [2.75, 3.05) is 13.1 Å². The maximum Gasteiger partial charge on any atom is 0.410 e. The molecule has 0 aliphatic carbocycles. The van der Waals surface area contributed by atoms with Gasteiger partial charge in [-0.2, -0.15) is 4.98 Å². The number of hydrogen-bond acceptors (Lipinski definition) is 7. The maximum atomic E-state index is 12.4. The SMILES string of the molecule is C[C@@H]1CN(C(=O)OC(C)(C)C)CC[C@@H]1NC(=O)CCc1nc(-c2ccncc2)no1. The Labute approximate surface area is 176 Å². The number of likely N-dealkylation sites (tertiary alicyclic amines) is 1. The third-order valence-electron chi connectivity index (χ3n) is 4.88. The van der Waals surface area contributed by atoms with Crippen molar-refractivity contribution in [3.8, 4) is 11.4 Å². The molecule has 3 heterocycles. The molecule has 2 aromatic heterocycles. The number of aromatic nitrogens is 3. The normalized spacial score (nSPS) is 19.4. The minimum Gasteiger partial charge on any atom is -0.444 e. The number of amides is 2. The Morgan fingerprint density at radius 2 is 2.03 bits per heavy atom. The smallest absolute Gasteiger partial charge is 0.410 e. The Bertz CT molecular complexity index is 862. The van der Waals surface area contributed by atoms with Crippen molar-refractivity contribution >= 4 is 12.0 Å². The van der Waals surface area contributed by atoms with Gasteiger partial charge in [0.05, 0.1) is 0 Å². The Morgan fingerprint density at radius 1 is 1.30 bits per heavy atom. The van der Waals surface area contributed by atoms with Crippen LogP contribution in [0.15, 0.2) is 29.0 Å². The van der Waals surface area contributed by atoms with Crippen LogP contribution in [0.2, 0.25) is 0 Å². The van der Waals surface area contributed by atoms with E-state index in [1.54, 1.807) is 29.4 Å². The fourth-order valence-corrected chi connectivity index (χ4v) is 3.33. The molecule has 9 heteroatoms. The highest BCUT2D eigenvalue weighted by atomic mass is 16.6. The Hall–Kier alpha value is -2.97. The van der Waals surface area contributed by atoms with Gasteiger partial charge in [0.15, 0.2) is 0 Å². The highest BCUT2D eigenvalue weighted by Gasteiger charge is 2.31. The van der Waals surface area contributed by atoms with Gasteiger partial charge < -0.3 is 19.5 Å². The van der Waals surface area contributed by atoms with Crippen LogP contribution in [0.5, 0.6) is 0 Å². The van der Waals surface area contributed by atoms with Crippen LogP contribution in [0.3, 0.4) is 0 Å². The molecule has 1 fully saturated rings. The molecule has 1 saturated heterocycles. The number of hydrogen-bond donors (Lipinski definition) is 1. The molecule has 1 N–H and O–H groups in total. The summed E-state index contributed by atoms with van der Waals surface area (Å²) in [7, 11) is 0. The molecule has 0 saturated carbocycles. The molecular formula is C21H29N5O4. The van der Waals surface area contributed by atoms with Crippen LogP contribution in [-0.4, -0.2) is 56.8 Å². The third-order valence-corrected chi connectivity index (χ3v) is 4.88. The first kappa shape index (κ1) is 21.7. The van der Waals surface area contributed by atoms with Crippen LogP contribution in [-0.2, 0) is 16.0 Å². The fraction of sp³-hybridized carbons (Fsp3) is 0.571. The van der Waals surface area contributed by atoms with Gasteiger partial charge in [-0.3, -0.25) is 9.78 Å². The summed E-state index contributed by atoms with van der Waals surface area (Å²) in [6, 6.07) is 3.62. The standard InChI is InChI=1S/C21H29N5O4/c1-14-13-26(20(28)29-21(2,3)4)12-9-16(14)23-17(27)5-6-18-24-19(25-30-18)15-7-10-22-11-8-15/h7-8,10-11,14,16H,5-6,9,12-13H2,1-4H3,(H,23,27)/t14-,16+/m1/s1. The van der Waals surface area contributed by atoms with E-state index in [1.165, 1.54) is 0 Å². The second-order valence-electron chi connectivity index (χ2n) is 8.61. The van der Waals surface area contributed by atoms with Gasteiger partial charge in [-0.05, 0) is 45.2 Å². The van der Waals surface area contributed by atoms with Gasteiger partial charge in [0.25, 0.3) is 0 Å². The molecule has 2 atom stereocenters. The van der Waals surface area contributed by atoms with Crippen molar-refractivity contribution < 1.29 is 18.8 Å². The van der Waals surface area contributed by atoms with Crippen LogP contribution < -0.4 is 5.32 Å². The van der Waals surface area contributed by atoms with E-state index in [4.69, 9.17) is 9.26 Å². The molecule has 0 aromatic carbocycles. The van der Waals surface area contributed by atoms with Crippen LogP contribution in [0.4, 0.5) is 4.79 Å². The van der Waals surface area contributed by atoms with Gasteiger partial charge >= 0.3 is 6.09 Å². The predicted octanol–water partition coefficient (Wildman–Crippen LogP) is 2.83. The van der Waals surface area contributed by atoms with Crippen molar-refractivity contribution in [3.05, 3.63) is 30.4 Å². The molecule has 2 aromatic rings. The van der Waals surface area contributed by atoms with E-state index < -0.39 is 5.60 Å². The highest BCUT2D eigenvalue weighted by Crippen LogP contribution is 2.20. The molecule has 9 nitrogen and oxygen atoms in total. The Morgan fingerprint density at radius 3 is 2.70 bits per heavy atom. The van der Waals surface area contributed by atoms with Gasteiger partial charge in [0.2, 0.25) is 17.6 Å². The summed E-state index contributed by atoms with van der Waals surface area (Å²) in [6.07, 6.45) is 4.34. The summed E-state index contributed by atoms with van der Waals surface area (Å²) in [4.78, 5) is 34.6. The Balaban J connectivity index is 1.44. The number of carbonyl (C=O) groups is 2. The second kappa shape index (κ2) is 9.23. The lowest BCUT2D eigenvalue weighted by molar-refractivity contribution is -0.122. The summed E-state index contributed by atoms with van der Waals surface area (Å²) in [5.74, 6) is 0.971. The molecule has 2 amide bonds. The number of aryl methyl sites for hydroxylation is 1. The topological polar surface area (TPSA) is 110 Å². The van der Waals surface area contributed by atoms with Gasteiger partial charge in [-0.1, -0.05) is 12.1 Å². The minimum atomic E-state index is -0.516. The summed E-state index contributed by atoms with van der Waals surface area (Å²) < 4.78 is 10.7. The first-order valence-corrected chi connectivity index (χ1v) is 10.2. The molecule has 30 heavy (non-hydrogen) atoms. The van der Waals surface area contributed by atoms with E-state index >= 15 is 0 Å². The zero-order valence-electron chi connectivity index (χ0n) is 17.9. The minimum absolute atomic E-state index is 0.0197. The molecule has 1 aliphatic rings. The summed E-state index contributed by atoms with van der Waals surface area (Å²) in [5, 5.41) is 7.02. The number of nitrogens with zero attached hydrogens (tertiary/aromatic N) is 4. The van der Waals surface area contributed by atoms with E-state index in [0.717, 1.165) is 5.56 Å². The molecule has 3 rings (SSSR count). The quantitative estimate of drug-likeness (QED) is 0.799. The zero-order valence-corrected chi connectivity index (χ0v) is 17.9. The van der Waals surface area contributed by atoms with Crippen molar-refractivity contribution in [3.63, 3.8) is 0 Å². The van der Waals surface area contributed by atoms with Crippen molar-refractivity contribution in [2.45, 2.75) is 58.6 Å². The van der Waals surface area contributed by atoms with E-state index in [2.05, 4.69) is 20.4 Å². The molecule has 162 valence electrons. The van der Waals surface area contributed by atoms with Gasteiger partial charge in [-0.15, -0.1) is 0 Å². The first-order valence-electron chi connectivity index (χ1n) is 10.2. The summed E-state index contributed by atoms with van der Waals surface area (Å²) in [6.45, 7) is 8.70. The lowest BCUT2D eigenvalue weighted by atomic mass is 9.94. The van der Waals surface area contributed by atoms with Crippen LogP contribution >= 0.6 is 0 Å². The van der Waals surface area contributed by atoms with Crippen molar-refractivity contribution in [1.29, 1.82) is 0 Å². The number of rotatable bonds is 5. The van der Waals surface area contributed by atoms with E-state index in [-0.39, 0.29) is 30.4 Å². The number of nitrogens with one attached hydrogen (secondary N) is 1. The van der Waals surface area contributed by atoms with Crippen LogP contribution in [0, 0.1) is 5.92 Å². The Kier molecular flexibility index (Phi) is 6.69. The highest BCUT2D eigenvalue weighted by molar-refractivity contribution is 5.76. The second-order valence-corrected chi connectivity index (χ2v) is 8.61. The molecule has 0 unspecified atom stereocenters. The summed E-state index contributed by atoms with van der Waals surface area (Å²) >= 11 is 0. The maximum absolute atomic E-state index is 12.4. The van der Waals surface area contributed by atoms with E-state index in [1.807, 2.05) is 27.7 Å². The van der Waals surface area contributed by atoms with Gasteiger partial charge in [0, 0.05) is 49.9 Å². The average molecular weight is 415 g/mol. The average Bonchev–Trinajstić information content (AvgIpc) is 3.16. The van der Waals surface area contributed by atoms with E-state index in [9.17, 15) is 9.59 Å². The van der Waals surface area contributed by atoms with Crippen molar-refractivity contribution in [2.24, 2.45) is 5.92 Å². The molecule has 0 bridgehead atoms. The number of piperidine rings is 1. The molecule has 0 radical (unpaired) electrons. The van der Waals surface area contributed by atoms with Crippen LogP contribution in [0.25, 0.3) is 11.4 Å². The van der Waals surface area contributed by atoms with Crippen molar-refractivity contribution in [1.82, 2.24) is 25.3 Å². The molecule has 0 spiro atoms. The monoisotopic (exact) mass is 415 g/mol. The zero-order chi connectivity index (χ0) is 21.7. The fourth-order valence-electron chi connectivity index (χ4n) is 3.33. The molecule has 1 aliphatic heterocycles. The number of carbonyl (C=O) groups excluding carboxylic acids is 2. The number of ether oxygens (including phenoxy) is 1. The van der Waals surface area contributed by atoms with Gasteiger partial charge in [0.1, 0.15) is 5.60 Å². The lowest BCUT2D eigenvalue weighted by Gasteiger charge is -2.37. The predicted molar refractivity (Wildman–Crippen MR) is 109 cm³/mol. The first-order chi connectivity index (χ1) is 14.2. The van der Waals surface area contributed by atoms with E-state index in [0.29, 0.717) is 37.6 Å². The largest absolute Gasteiger partial charge is 0.444 e. The molecular weight excluding hydrogens is 386 g/mol. The third kappa shape index (κ3) is 6.01. The number of pyridine rings is 1. The van der Waals surface area contributed by atoms with Crippen LogP contribution in [0.1, 0.15) is 46.4 Å².